The van der Waals surface area contributed by atoms with Crippen molar-refractivity contribution in [3.8, 4) is 0 Å². The molecule has 6 nitrogen and oxygen atoms in total. The summed E-state index contributed by atoms with van der Waals surface area (Å²) in [4.78, 5) is 12.4. The SMILES string of the molecule is CC1CCN(S(=O)(=O)c2ccc(C(=O)N[C@@H](C)CN)s2)CC1.Cl. The second-order valence-corrected chi connectivity index (χ2v) is 9.06. The van der Waals surface area contributed by atoms with Crippen LogP contribution in [0.3, 0.4) is 0 Å². The van der Waals surface area contributed by atoms with E-state index in [0.29, 0.717) is 30.4 Å². The molecule has 0 saturated carbocycles. The largest absolute Gasteiger partial charge is 0.348 e. The van der Waals surface area contributed by atoms with Gasteiger partial charge in [-0.2, -0.15) is 4.31 Å². The Morgan fingerprint density at radius 1 is 1.43 bits per heavy atom. The maximum atomic E-state index is 12.6. The van der Waals surface area contributed by atoms with Crippen LogP contribution in [0.2, 0.25) is 0 Å². The molecular weight excluding hydrogens is 358 g/mol. The van der Waals surface area contributed by atoms with E-state index in [1.165, 1.54) is 10.4 Å². The van der Waals surface area contributed by atoms with Gasteiger partial charge in [0, 0.05) is 25.7 Å². The molecule has 1 amide bonds. The lowest BCUT2D eigenvalue weighted by Crippen LogP contribution is -2.37. The zero-order valence-corrected chi connectivity index (χ0v) is 15.8. The summed E-state index contributed by atoms with van der Waals surface area (Å²) in [5.41, 5.74) is 5.47. The van der Waals surface area contributed by atoms with Gasteiger partial charge in [-0.3, -0.25) is 4.79 Å². The predicted octanol–water partition coefficient (Wildman–Crippen LogP) is 1.67. The van der Waals surface area contributed by atoms with Crippen molar-refractivity contribution in [2.45, 2.75) is 36.9 Å². The Morgan fingerprint density at radius 3 is 2.61 bits per heavy atom. The van der Waals surface area contributed by atoms with Crippen molar-refractivity contribution in [2.75, 3.05) is 19.6 Å². The maximum Gasteiger partial charge on any atom is 0.261 e. The van der Waals surface area contributed by atoms with Crippen LogP contribution < -0.4 is 11.1 Å². The molecule has 2 heterocycles. The van der Waals surface area contributed by atoms with E-state index < -0.39 is 10.0 Å². The van der Waals surface area contributed by atoms with Crippen molar-refractivity contribution in [1.29, 1.82) is 0 Å². The van der Waals surface area contributed by atoms with Crippen LogP contribution in [-0.2, 0) is 10.0 Å². The lowest BCUT2D eigenvalue weighted by Gasteiger charge is -2.28. The van der Waals surface area contributed by atoms with Crippen LogP contribution in [0.1, 0.15) is 36.4 Å². The first-order valence-electron chi connectivity index (χ1n) is 7.45. The molecule has 0 bridgehead atoms. The predicted molar refractivity (Wildman–Crippen MR) is 94.7 cm³/mol. The molecular formula is C14H24ClN3O3S2. The molecule has 1 aliphatic heterocycles. The van der Waals surface area contributed by atoms with Crippen molar-refractivity contribution in [3.05, 3.63) is 17.0 Å². The van der Waals surface area contributed by atoms with E-state index in [9.17, 15) is 13.2 Å². The van der Waals surface area contributed by atoms with E-state index in [2.05, 4.69) is 12.2 Å². The fraction of sp³-hybridized carbons (Fsp3) is 0.643. The average Bonchev–Trinajstić information content (AvgIpc) is 2.98. The number of amides is 1. The Hall–Kier alpha value is -0.670. The molecule has 23 heavy (non-hydrogen) atoms. The molecule has 3 N–H and O–H groups in total. The van der Waals surface area contributed by atoms with E-state index in [-0.39, 0.29) is 28.6 Å². The molecule has 0 radical (unpaired) electrons. The number of thiophene rings is 1. The normalized spacial score (nSPS) is 18.2. The number of nitrogens with one attached hydrogen (secondary N) is 1. The quantitative estimate of drug-likeness (QED) is 0.811. The minimum Gasteiger partial charge on any atom is -0.348 e. The van der Waals surface area contributed by atoms with E-state index in [1.54, 1.807) is 13.0 Å². The van der Waals surface area contributed by atoms with Gasteiger partial charge in [0.15, 0.2) is 0 Å². The smallest absolute Gasteiger partial charge is 0.261 e. The van der Waals surface area contributed by atoms with Crippen molar-refractivity contribution in [3.63, 3.8) is 0 Å². The highest BCUT2D eigenvalue weighted by Crippen LogP contribution is 2.28. The molecule has 2 rings (SSSR count). The van der Waals surface area contributed by atoms with Gasteiger partial charge in [-0.05, 0) is 37.8 Å². The summed E-state index contributed by atoms with van der Waals surface area (Å²) in [5.74, 6) is 0.283. The molecule has 0 spiro atoms. The highest BCUT2D eigenvalue weighted by Gasteiger charge is 2.29. The number of hydrogen-bond donors (Lipinski definition) is 2. The molecule has 0 aromatic carbocycles. The molecule has 1 aliphatic rings. The molecule has 9 heteroatoms. The molecule has 1 fully saturated rings. The number of rotatable bonds is 5. The van der Waals surface area contributed by atoms with Crippen molar-refractivity contribution >= 4 is 39.7 Å². The summed E-state index contributed by atoms with van der Waals surface area (Å²) in [6.45, 7) is 5.38. The summed E-state index contributed by atoms with van der Waals surface area (Å²) in [7, 11) is -3.49. The topological polar surface area (TPSA) is 92.5 Å². The summed E-state index contributed by atoms with van der Waals surface area (Å²) in [6.07, 6.45) is 1.76. The van der Waals surface area contributed by atoms with Crippen LogP contribution in [0.5, 0.6) is 0 Å². The summed E-state index contributed by atoms with van der Waals surface area (Å²) in [6, 6.07) is 2.93. The number of sulfonamides is 1. The van der Waals surface area contributed by atoms with Gasteiger partial charge in [0.2, 0.25) is 0 Å². The van der Waals surface area contributed by atoms with Crippen LogP contribution in [0, 0.1) is 5.92 Å². The lowest BCUT2D eigenvalue weighted by atomic mass is 10.0. The number of nitrogens with two attached hydrogens (primary N) is 1. The van der Waals surface area contributed by atoms with Gasteiger partial charge in [-0.25, -0.2) is 8.42 Å². The molecule has 1 aromatic rings. The third kappa shape index (κ3) is 4.90. The maximum absolute atomic E-state index is 12.6. The van der Waals surface area contributed by atoms with Gasteiger partial charge < -0.3 is 11.1 Å². The Balaban J connectivity index is 0.00000264. The van der Waals surface area contributed by atoms with Crippen molar-refractivity contribution in [1.82, 2.24) is 9.62 Å². The first-order valence-corrected chi connectivity index (χ1v) is 9.71. The summed E-state index contributed by atoms with van der Waals surface area (Å²) < 4.78 is 26.9. The second kappa shape index (κ2) is 8.43. The minimum atomic E-state index is -3.49. The Morgan fingerprint density at radius 2 is 2.04 bits per heavy atom. The Labute approximate surface area is 147 Å². The monoisotopic (exact) mass is 381 g/mol. The van der Waals surface area contributed by atoms with Crippen LogP contribution >= 0.6 is 23.7 Å². The summed E-state index contributed by atoms with van der Waals surface area (Å²) in [5, 5.41) is 2.73. The second-order valence-electron chi connectivity index (χ2n) is 5.82. The Kier molecular flexibility index (Phi) is 7.47. The molecule has 1 aromatic heterocycles. The third-order valence-corrected chi connectivity index (χ3v) is 7.32. The van der Waals surface area contributed by atoms with Gasteiger partial charge >= 0.3 is 0 Å². The molecule has 1 saturated heterocycles. The van der Waals surface area contributed by atoms with Crippen LogP contribution in [-0.4, -0.2) is 44.3 Å². The number of halogens is 1. The summed E-state index contributed by atoms with van der Waals surface area (Å²) >= 11 is 1.01. The minimum absolute atomic E-state index is 0. The standard InChI is InChI=1S/C14H23N3O3S2.ClH/c1-10-5-7-17(8-6-10)22(19,20)13-4-3-12(21-13)14(18)16-11(2)9-15;/h3-4,10-11H,5-9,15H2,1-2H3,(H,16,18);1H/t11-;/m0./s1. The van der Waals surface area contributed by atoms with Gasteiger partial charge in [-0.1, -0.05) is 6.92 Å². The van der Waals surface area contributed by atoms with Gasteiger partial charge in [0.1, 0.15) is 4.21 Å². The highest BCUT2D eigenvalue weighted by atomic mass is 35.5. The van der Waals surface area contributed by atoms with E-state index >= 15 is 0 Å². The fourth-order valence-corrected chi connectivity index (χ4v) is 5.12. The van der Waals surface area contributed by atoms with Crippen LogP contribution in [0.4, 0.5) is 0 Å². The van der Waals surface area contributed by atoms with Crippen molar-refractivity contribution < 1.29 is 13.2 Å². The lowest BCUT2D eigenvalue weighted by molar-refractivity contribution is 0.0945. The van der Waals surface area contributed by atoms with E-state index in [0.717, 1.165) is 24.2 Å². The Bertz CT molecular complexity index is 625. The van der Waals surface area contributed by atoms with Gasteiger partial charge in [0.25, 0.3) is 15.9 Å². The number of nitrogens with zero attached hydrogens (tertiary/aromatic N) is 1. The highest BCUT2D eigenvalue weighted by molar-refractivity contribution is 7.91. The first kappa shape index (κ1) is 20.4. The number of piperidine rings is 1. The van der Waals surface area contributed by atoms with E-state index in [4.69, 9.17) is 5.73 Å². The molecule has 0 unspecified atom stereocenters. The van der Waals surface area contributed by atoms with Crippen LogP contribution in [0.15, 0.2) is 16.3 Å². The number of carbonyl (C=O) groups is 1. The van der Waals surface area contributed by atoms with Crippen molar-refractivity contribution in [2.24, 2.45) is 11.7 Å². The van der Waals surface area contributed by atoms with Crippen LogP contribution in [0.25, 0.3) is 0 Å². The first-order chi connectivity index (χ1) is 10.3. The number of carbonyl (C=O) groups excluding carboxylic acids is 1. The van der Waals surface area contributed by atoms with E-state index in [1.807, 2.05) is 0 Å². The zero-order chi connectivity index (χ0) is 16.3. The number of hydrogen-bond acceptors (Lipinski definition) is 5. The molecule has 1 atom stereocenters. The van der Waals surface area contributed by atoms with Gasteiger partial charge in [-0.15, -0.1) is 23.7 Å². The zero-order valence-electron chi connectivity index (χ0n) is 13.3. The molecule has 132 valence electrons. The average molecular weight is 382 g/mol. The van der Waals surface area contributed by atoms with Gasteiger partial charge in [0.05, 0.1) is 4.88 Å². The fourth-order valence-electron chi connectivity index (χ4n) is 2.29. The molecule has 0 aliphatic carbocycles. The third-order valence-electron chi connectivity index (χ3n) is 3.87.